The minimum Gasteiger partial charge on any atom is -0.343 e. The Labute approximate surface area is 172 Å². The second-order valence-corrected chi connectivity index (χ2v) is 7.27. The van der Waals surface area contributed by atoms with Crippen molar-refractivity contribution in [2.75, 3.05) is 6.54 Å². The number of aromatic nitrogens is 2. The lowest BCUT2D eigenvalue weighted by Gasteiger charge is -2.16. The maximum absolute atomic E-state index is 12.4. The van der Waals surface area contributed by atoms with Crippen LogP contribution in [0.1, 0.15) is 40.0 Å². The summed E-state index contributed by atoms with van der Waals surface area (Å²) in [5.41, 5.74) is 1.46. The van der Waals surface area contributed by atoms with Crippen molar-refractivity contribution in [3.05, 3.63) is 82.5 Å². The number of halogens is 1. The van der Waals surface area contributed by atoms with Crippen LogP contribution < -0.4 is 5.32 Å². The van der Waals surface area contributed by atoms with Crippen molar-refractivity contribution in [2.45, 2.75) is 25.4 Å². The Morgan fingerprint density at radius 1 is 1.17 bits per heavy atom. The van der Waals surface area contributed by atoms with E-state index in [0.717, 1.165) is 5.56 Å². The molecule has 1 aliphatic heterocycles. The molecule has 2 amide bonds. The van der Waals surface area contributed by atoms with Crippen molar-refractivity contribution in [1.29, 1.82) is 0 Å². The van der Waals surface area contributed by atoms with Crippen molar-refractivity contribution >= 4 is 23.4 Å². The lowest BCUT2D eigenvalue weighted by Crippen LogP contribution is -2.24. The van der Waals surface area contributed by atoms with Gasteiger partial charge < -0.3 is 14.7 Å². The highest BCUT2D eigenvalue weighted by Crippen LogP contribution is 2.28. The molecule has 1 saturated heterocycles. The summed E-state index contributed by atoms with van der Waals surface area (Å²) in [4.78, 5) is 30.6. The normalized spacial score (nSPS) is 16.2. The number of carbonyl (C=O) groups is 2. The number of nitrogens with zero attached hydrogens (tertiary/aromatic N) is 3. The van der Waals surface area contributed by atoms with E-state index in [2.05, 4.69) is 15.5 Å². The fraction of sp³-hybridized carbons (Fsp3) is 0.238. The Morgan fingerprint density at radius 2 is 1.93 bits per heavy atom. The number of nitrogens with one attached hydrogen (secondary N) is 1. The summed E-state index contributed by atoms with van der Waals surface area (Å²) >= 11 is 6.20. The van der Waals surface area contributed by atoms with Gasteiger partial charge >= 0.3 is 0 Å². The molecule has 3 aromatic rings. The van der Waals surface area contributed by atoms with Gasteiger partial charge in [0.2, 0.25) is 11.8 Å². The Kier molecular flexibility index (Phi) is 5.57. The molecular weight excluding hydrogens is 392 g/mol. The van der Waals surface area contributed by atoms with Crippen LogP contribution in [0.25, 0.3) is 0 Å². The molecule has 1 aromatic heterocycles. The molecule has 1 aliphatic rings. The summed E-state index contributed by atoms with van der Waals surface area (Å²) in [6, 6.07) is 16.4. The maximum atomic E-state index is 12.4. The number of amides is 2. The Bertz CT molecular complexity index is 1020. The molecule has 0 radical (unpaired) electrons. The molecule has 4 rings (SSSR count). The number of hydrogen-bond donors (Lipinski definition) is 1. The highest BCUT2D eigenvalue weighted by atomic mass is 35.5. The first-order chi connectivity index (χ1) is 14.1. The Balaban J connectivity index is 1.35. The zero-order chi connectivity index (χ0) is 20.2. The van der Waals surface area contributed by atoms with E-state index in [9.17, 15) is 9.59 Å². The topological polar surface area (TPSA) is 88.3 Å². The van der Waals surface area contributed by atoms with Gasteiger partial charge in [-0.3, -0.25) is 9.59 Å². The van der Waals surface area contributed by atoms with Gasteiger partial charge in [-0.15, -0.1) is 0 Å². The SMILES string of the molecule is O=C(NCc1nc(C2CC(=O)N(Cc3ccccc3Cl)C2)no1)c1ccccc1. The fourth-order valence-electron chi connectivity index (χ4n) is 3.28. The smallest absolute Gasteiger partial charge is 0.251 e. The minimum atomic E-state index is -0.215. The van der Waals surface area contributed by atoms with Crippen molar-refractivity contribution < 1.29 is 14.1 Å². The molecule has 1 N–H and O–H groups in total. The van der Waals surface area contributed by atoms with Crippen LogP contribution in [-0.2, 0) is 17.9 Å². The van der Waals surface area contributed by atoms with Crippen molar-refractivity contribution in [3.63, 3.8) is 0 Å². The third-order valence-corrected chi connectivity index (χ3v) is 5.19. The summed E-state index contributed by atoms with van der Waals surface area (Å²) in [6.45, 7) is 1.08. The summed E-state index contributed by atoms with van der Waals surface area (Å²) < 4.78 is 5.24. The molecule has 29 heavy (non-hydrogen) atoms. The lowest BCUT2D eigenvalue weighted by atomic mass is 10.1. The lowest BCUT2D eigenvalue weighted by molar-refractivity contribution is -0.128. The van der Waals surface area contributed by atoms with Gasteiger partial charge in [0, 0.05) is 36.0 Å². The van der Waals surface area contributed by atoms with E-state index in [1.54, 1.807) is 29.2 Å². The first kappa shape index (κ1) is 19.1. The van der Waals surface area contributed by atoms with Crippen LogP contribution in [0.2, 0.25) is 5.02 Å². The van der Waals surface area contributed by atoms with Crippen LogP contribution in [0.15, 0.2) is 59.1 Å². The van der Waals surface area contributed by atoms with E-state index in [1.807, 2.05) is 30.3 Å². The molecule has 0 spiro atoms. The molecular formula is C21H19ClN4O3. The van der Waals surface area contributed by atoms with E-state index in [0.29, 0.717) is 41.8 Å². The molecule has 0 bridgehead atoms. The van der Waals surface area contributed by atoms with Crippen molar-refractivity contribution in [1.82, 2.24) is 20.4 Å². The third-order valence-electron chi connectivity index (χ3n) is 4.82. The maximum Gasteiger partial charge on any atom is 0.251 e. The highest BCUT2D eigenvalue weighted by Gasteiger charge is 2.33. The first-order valence-corrected chi connectivity index (χ1v) is 9.65. The molecule has 2 aromatic carbocycles. The summed E-state index contributed by atoms with van der Waals surface area (Å²) in [6.07, 6.45) is 0.319. The molecule has 0 aliphatic carbocycles. The van der Waals surface area contributed by atoms with Crippen molar-refractivity contribution in [2.24, 2.45) is 0 Å². The molecule has 0 saturated carbocycles. The monoisotopic (exact) mass is 410 g/mol. The van der Waals surface area contributed by atoms with E-state index in [1.165, 1.54) is 0 Å². The third kappa shape index (κ3) is 4.46. The summed E-state index contributed by atoms with van der Waals surface area (Å²) in [5, 5.41) is 7.39. The van der Waals surface area contributed by atoms with Gasteiger partial charge in [-0.25, -0.2) is 0 Å². The van der Waals surface area contributed by atoms with Gasteiger partial charge in [0.05, 0.1) is 6.54 Å². The van der Waals surface area contributed by atoms with Crippen LogP contribution >= 0.6 is 11.6 Å². The Hall–Kier alpha value is -3.19. The standard InChI is InChI=1S/C21H19ClN4O3/c22-17-9-5-4-8-15(17)12-26-13-16(10-19(26)27)20-24-18(29-25-20)11-23-21(28)14-6-2-1-3-7-14/h1-9,16H,10-13H2,(H,23,28). The molecule has 1 unspecified atom stereocenters. The number of likely N-dealkylation sites (tertiary alicyclic amines) is 1. The predicted octanol–water partition coefficient (Wildman–Crippen LogP) is 3.17. The van der Waals surface area contributed by atoms with Gasteiger partial charge in [-0.1, -0.05) is 53.2 Å². The number of hydrogen-bond acceptors (Lipinski definition) is 5. The average Bonchev–Trinajstić information content (AvgIpc) is 3.35. The van der Waals surface area contributed by atoms with E-state index in [-0.39, 0.29) is 24.3 Å². The molecule has 1 fully saturated rings. The largest absolute Gasteiger partial charge is 0.343 e. The Morgan fingerprint density at radius 3 is 2.72 bits per heavy atom. The van der Waals surface area contributed by atoms with Crippen molar-refractivity contribution in [3.8, 4) is 0 Å². The molecule has 148 valence electrons. The van der Waals surface area contributed by atoms with Crippen LogP contribution in [0.4, 0.5) is 0 Å². The van der Waals surface area contributed by atoms with Crippen LogP contribution in [0.3, 0.4) is 0 Å². The van der Waals surface area contributed by atoms with Crippen LogP contribution in [0.5, 0.6) is 0 Å². The first-order valence-electron chi connectivity index (χ1n) is 9.27. The zero-order valence-corrected chi connectivity index (χ0v) is 16.3. The van der Waals surface area contributed by atoms with E-state index < -0.39 is 0 Å². The number of rotatable bonds is 6. The van der Waals surface area contributed by atoms with Crippen LogP contribution in [0, 0.1) is 0 Å². The summed E-state index contributed by atoms with van der Waals surface area (Å²) in [5.74, 6) is 0.448. The van der Waals surface area contributed by atoms with E-state index >= 15 is 0 Å². The average molecular weight is 411 g/mol. The number of benzene rings is 2. The molecule has 8 heteroatoms. The molecule has 1 atom stereocenters. The van der Waals surface area contributed by atoms with Gasteiger partial charge in [0.25, 0.3) is 5.91 Å². The second kappa shape index (κ2) is 8.45. The highest BCUT2D eigenvalue weighted by molar-refractivity contribution is 6.31. The second-order valence-electron chi connectivity index (χ2n) is 6.86. The number of carbonyl (C=O) groups excluding carboxylic acids is 2. The molecule has 2 heterocycles. The quantitative estimate of drug-likeness (QED) is 0.674. The molecule has 7 nitrogen and oxygen atoms in total. The minimum absolute atomic E-state index is 0.0265. The van der Waals surface area contributed by atoms with Crippen LogP contribution in [-0.4, -0.2) is 33.4 Å². The van der Waals surface area contributed by atoms with Gasteiger partial charge in [-0.05, 0) is 23.8 Å². The van der Waals surface area contributed by atoms with Gasteiger partial charge in [0.1, 0.15) is 0 Å². The summed E-state index contributed by atoms with van der Waals surface area (Å²) in [7, 11) is 0. The van der Waals surface area contributed by atoms with E-state index in [4.69, 9.17) is 16.1 Å². The van der Waals surface area contributed by atoms with Gasteiger partial charge in [0.15, 0.2) is 5.82 Å². The predicted molar refractivity (Wildman–Crippen MR) is 106 cm³/mol. The zero-order valence-electron chi connectivity index (χ0n) is 15.5. The fourth-order valence-corrected chi connectivity index (χ4v) is 3.48. The van der Waals surface area contributed by atoms with Gasteiger partial charge in [-0.2, -0.15) is 4.98 Å².